The molecule has 1 aliphatic rings. The SMILES string of the molecule is CN1CC(CNC(=O)c2ccccn2)C1. The third-order valence-corrected chi connectivity index (χ3v) is 2.59. The Hall–Kier alpha value is -1.42. The van der Waals surface area contributed by atoms with Crippen molar-refractivity contribution in [2.45, 2.75) is 0 Å². The lowest BCUT2D eigenvalue weighted by Crippen LogP contribution is -2.49. The zero-order valence-corrected chi connectivity index (χ0v) is 8.81. The van der Waals surface area contributed by atoms with Gasteiger partial charge in [0.05, 0.1) is 0 Å². The second-order valence-electron chi connectivity index (χ2n) is 4.01. The normalized spacial score (nSPS) is 17.1. The summed E-state index contributed by atoms with van der Waals surface area (Å²) < 4.78 is 0. The molecular weight excluding hydrogens is 190 g/mol. The number of pyridine rings is 1. The Morgan fingerprint density at radius 2 is 2.40 bits per heavy atom. The van der Waals surface area contributed by atoms with E-state index in [1.807, 2.05) is 6.07 Å². The Kier molecular flexibility index (Phi) is 2.97. The summed E-state index contributed by atoms with van der Waals surface area (Å²) in [5.74, 6) is 0.521. The quantitative estimate of drug-likeness (QED) is 0.775. The van der Waals surface area contributed by atoms with Crippen LogP contribution in [0, 0.1) is 5.92 Å². The summed E-state index contributed by atoms with van der Waals surface area (Å²) in [4.78, 5) is 17.8. The van der Waals surface area contributed by atoms with Crippen LogP contribution in [0.4, 0.5) is 0 Å². The van der Waals surface area contributed by atoms with Crippen molar-refractivity contribution in [3.8, 4) is 0 Å². The molecule has 0 aromatic carbocycles. The predicted octanol–water partition coefficient (Wildman–Crippen LogP) is 0.373. The van der Waals surface area contributed by atoms with Crippen molar-refractivity contribution < 1.29 is 4.79 Å². The Labute approximate surface area is 89.3 Å². The molecule has 2 rings (SSSR count). The highest BCUT2D eigenvalue weighted by Gasteiger charge is 2.23. The fourth-order valence-corrected chi connectivity index (χ4v) is 1.78. The van der Waals surface area contributed by atoms with Gasteiger partial charge in [-0.05, 0) is 19.2 Å². The molecule has 1 aliphatic heterocycles. The van der Waals surface area contributed by atoms with Crippen molar-refractivity contribution in [2.24, 2.45) is 5.92 Å². The third kappa shape index (κ3) is 2.53. The van der Waals surface area contributed by atoms with Gasteiger partial charge in [0.15, 0.2) is 0 Å². The van der Waals surface area contributed by atoms with E-state index >= 15 is 0 Å². The number of aromatic nitrogens is 1. The molecule has 0 atom stereocenters. The topological polar surface area (TPSA) is 45.2 Å². The molecule has 1 aromatic rings. The lowest BCUT2D eigenvalue weighted by atomic mass is 10.0. The smallest absolute Gasteiger partial charge is 0.269 e. The summed E-state index contributed by atoms with van der Waals surface area (Å²) in [5.41, 5.74) is 0.491. The van der Waals surface area contributed by atoms with Gasteiger partial charge in [-0.15, -0.1) is 0 Å². The number of likely N-dealkylation sites (tertiary alicyclic amines) is 1. The zero-order chi connectivity index (χ0) is 10.7. The van der Waals surface area contributed by atoms with Crippen molar-refractivity contribution in [1.29, 1.82) is 0 Å². The van der Waals surface area contributed by atoms with Crippen molar-refractivity contribution in [1.82, 2.24) is 15.2 Å². The van der Waals surface area contributed by atoms with Crippen LogP contribution in [-0.2, 0) is 0 Å². The highest BCUT2D eigenvalue weighted by molar-refractivity contribution is 5.92. The van der Waals surface area contributed by atoms with Gasteiger partial charge in [-0.2, -0.15) is 0 Å². The zero-order valence-electron chi connectivity index (χ0n) is 8.81. The van der Waals surface area contributed by atoms with Gasteiger partial charge in [-0.1, -0.05) is 6.07 Å². The van der Waals surface area contributed by atoms with Crippen molar-refractivity contribution in [3.63, 3.8) is 0 Å². The molecule has 2 heterocycles. The number of rotatable bonds is 3. The van der Waals surface area contributed by atoms with E-state index in [1.54, 1.807) is 18.3 Å². The Morgan fingerprint density at radius 3 is 3.00 bits per heavy atom. The highest BCUT2D eigenvalue weighted by Crippen LogP contribution is 2.10. The highest BCUT2D eigenvalue weighted by atomic mass is 16.1. The molecule has 1 N–H and O–H groups in total. The maximum atomic E-state index is 11.6. The first kappa shape index (κ1) is 10.1. The van der Waals surface area contributed by atoms with Crippen molar-refractivity contribution in [3.05, 3.63) is 30.1 Å². The van der Waals surface area contributed by atoms with Gasteiger partial charge < -0.3 is 10.2 Å². The van der Waals surface area contributed by atoms with E-state index in [0.717, 1.165) is 19.6 Å². The maximum absolute atomic E-state index is 11.6. The number of nitrogens with zero attached hydrogens (tertiary/aromatic N) is 2. The first-order valence-corrected chi connectivity index (χ1v) is 5.13. The summed E-state index contributed by atoms with van der Waals surface area (Å²) >= 11 is 0. The molecule has 0 spiro atoms. The summed E-state index contributed by atoms with van der Waals surface area (Å²) in [7, 11) is 2.08. The van der Waals surface area contributed by atoms with Gasteiger partial charge in [-0.3, -0.25) is 9.78 Å². The lowest BCUT2D eigenvalue weighted by molar-refractivity contribution is 0.0893. The van der Waals surface area contributed by atoms with Crippen LogP contribution >= 0.6 is 0 Å². The van der Waals surface area contributed by atoms with Crippen LogP contribution in [0.3, 0.4) is 0 Å². The fourth-order valence-electron chi connectivity index (χ4n) is 1.78. The van der Waals surface area contributed by atoms with E-state index in [4.69, 9.17) is 0 Å². The van der Waals surface area contributed by atoms with Crippen LogP contribution in [0.25, 0.3) is 0 Å². The second-order valence-corrected chi connectivity index (χ2v) is 4.01. The van der Waals surface area contributed by atoms with Gasteiger partial charge >= 0.3 is 0 Å². The molecule has 0 unspecified atom stereocenters. The van der Waals surface area contributed by atoms with Crippen molar-refractivity contribution in [2.75, 3.05) is 26.7 Å². The van der Waals surface area contributed by atoms with E-state index in [1.165, 1.54) is 0 Å². The number of nitrogens with one attached hydrogen (secondary N) is 1. The number of hydrogen-bond donors (Lipinski definition) is 1. The molecule has 80 valence electrons. The number of amides is 1. The maximum Gasteiger partial charge on any atom is 0.269 e. The molecule has 1 aromatic heterocycles. The van der Waals surface area contributed by atoms with E-state index in [2.05, 4.69) is 22.2 Å². The Morgan fingerprint density at radius 1 is 1.60 bits per heavy atom. The molecular formula is C11H15N3O. The van der Waals surface area contributed by atoms with Gasteiger partial charge in [-0.25, -0.2) is 0 Å². The van der Waals surface area contributed by atoms with Gasteiger partial charge in [0, 0.05) is 31.7 Å². The lowest BCUT2D eigenvalue weighted by Gasteiger charge is -2.36. The Bertz CT molecular complexity index is 333. The molecule has 4 heteroatoms. The fraction of sp³-hybridized carbons (Fsp3) is 0.455. The van der Waals surface area contributed by atoms with Crippen LogP contribution in [0.5, 0.6) is 0 Å². The molecule has 15 heavy (non-hydrogen) atoms. The number of carbonyl (C=O) groups excluding carboxylic acids is 1. The predicted molar refractivity (Wildman–Crippen MR) is 57.6 cm³/mol. The molecule has 0 saturated carbocycles. The summed E-state index contributed by atoms with van der Waals surface area (Å²) in [6.07, 6.45) is 1.63. The molecule has 0 radical (unpaired) electrons. The number of hydrogen-bond acceptors (Lipinski definition) is 3. The molecule has 1 fully saturated rings. The molecule has 0 aliphatic carbocycles. The molecule has 1 amide bonds. The van der Waals surface area contributed by atoms with Crippen LogP contribution in [0.15, 0.2) is 24.4 Å². The third-order valence-electron chi connectivity index (χ3n) is 2.59. The van der Waals surface area contributed by atoms with Crippen LogP contribution in [0.2, 0.25) is 0 Å². The summed E-state index contributed by atoms with van der Waals surface area (Å²) in [5, 5.41) is 2.89. The minimum atomic E-state index is -0.0786. The standard InChI is InChI=1S/C11H15N3O/c1-14-7-9(8-14)6-13-11(15)10-4-2-3-5-12-10/h2-5,9H,6-8H2,1H3,(H,13,15). The van der Waals surface area contributed by atoms with Gasteiger partial charge in [0.2, 0.25) is 0 Å². The van der Waals surface area contributed by atoms with E-state index in [9.17, 15) is 4.79 Å². The Balaban J connectivity index is 1.78. The largest absolute Gasteiger partial charge is 0.350 e. The average Bonchev–Trinajstić information content (AvgIpc) is 2.23. The van der Waals surface area contributed by atoms with E-state index in [0.29, 0.717) is 11.6 Å². The van der Waals surface area contributed by atoms with Gasteiger partial charge in [0.25, 0.3) is 5.91 Å². The second kappa shape index (κ2) is 4.40. The minimum Gasteiger partial charge on any atom is -0.350 e. The summed E-state index contributed by atoms with van der Waals surface area (Å²) in [6.45, 7) is 2.89. The minimum absolute atomic E-state index is 0.0786. The molecule has 0 bridgehead atoms. The van der Waals surface area contributed by atoms with Crippen LogP contribution in [0.1, 0.15) is 10.5 Å². The summed E-state index contributed by atoms with van der Waals surface area (Å²) in [6, 6.07) is 5.35. The van der Waals surface area contributed by atoms with Crippen LogP contribution < -0.4 is 5.32 Å². The van der Waals surface area contributed by atoms with Gasteiger partial charge in [0.1, 0.15) is 5.69 Å². The number of carbonyl (C=O) groups is 1. The van der Waals surface area contributed by atoms with Crippen molar-refractivity contribution >= 4 is 5.91 Å². The monoisotopic (exact) mass is 205 g/mol. The average molecular weight is 205 g/mol. The first-order valence-electron chi connectivity index (χ1n) is 5.13. The van der Waals surface area contributed by atoms with Crippen LogP contribution in [-0.4, -0.2) is 42.5 Å². The first-order chi connectivity index (χ1) is 7.25. The molecule has 4 nitrogen and oxygen atoms in total. The molecule has 1 saturated heterocycles. The van der Waals surface area contributed by atoms with E-state index in [-0.39, 0.29) is 5.91 Å². The van der Waals surface area contributed by atoms with E-state index < -0.39 is 0 Å².